The van der Waals surface area contributed by atoms with Crippen molar-refractivity contribution in [2.45, 2.75) is 58.4 Å². The normalized spacial score (nSPS) is 15.5. The molecule has 1 saturated heterocycles. The van der Waals surface area contributed by atoms with Crippen LogP contribution in [0.15, 0.2) is 48.5 Å². The molecule has 4 nitrogen and oxygen atoms in total. The standard InChI is InChI=1S/C26H36N2O2/c1-3-5-19-30-25-12-8-7-11-23(25)26(29)27-20-24(28-17-9-6-10-18-28)22-15-13-21(4-2)14-16-22/h7-8,11-16,24H,3-6,9-10,17-20H2,1-2H3,(H,27,29)/t24-/m0/s1. The van der Waals surface area contributed by atoms with Gasteiger partial charge in [-0.05, 0) is 62.0 Å². The largest absolute Gasteiger partial charge is 0.493 e. The van der Waals surface area contributed by atoms with Gasteiger partial charge in [0.1, 0.15) is 5.75 Å². The van der Waals surface area contributed by atoms with Crippen molar-refractivity contribution in [3.05, 3.63) is 65.2 Å². The lowest BCUT2D eigenvalue weighted by Gasteiger charge is -2.35. The van der Waals surface area contributed by atoms with Gasteiger partial charge in [-0.1, -0.05) is 63.1 Å². The number of unbranched alkanes of at least 4 members (excludes halogenated alkanes) is 1. The Morgan fingerprint density at radius 2 is 1.77 bits per heavy atom. The van der Waals surface area contributed by atoms with Crippen molar-refractivity contribution >= 4 is 5.91 Å². The number of aryl methyl sites for hydroxylation is 1. The zero-order chi connectivity index (χ0) is 21.2. The Morgan fingerprint density at radius 3 is 2.47 bits per heavy atom. The Kier molecular flexibility index (Phi) is 8.76. The van der Waals surface area contributed by atoms with E-state index in [2.05, 4.69) is 48.3 Å². The number of likely N-dealkylation sites (tertiary alicyclic amines) is 1. The number of nitrogens with one attached hydrogen (secondary N) is 1. The first-order valence-corrected chi connectivity index (χ1v) is 11.6. The van der Waals surface area contributed by atoms with Gasteiger partial charge in [-0.25, -0.2) is 0 Å². The van der Waals surface area contributed by atoms with E-state index in [4.69, 9.17) is 4.74 Å². The van der Waals surface area contributed by atoms with Gasteiger partial charge in [0.25, 0.3) is 5.91 Å². The van der Waals surface area contributed by atoms with Gasteiger partial charge in [0.05, 0.1) is 18.2 Å². The fourth-order valence-electron chi connectivity index (χ4n) is 4.05. The van der Waals surface area contributed by atoms with Gasteiger partial charge in [0.15, 0.2) is 0 Å². The van der Waals surface area contributed by atoms with Crippen LogP contribution in [0.1, 0.15) is 73.5 Å². The van der Waals surface area contributed by atoms with Crippen molar-refractivity contribution in [3.8, 4) is 5.75 Å². The summed E-state index contributed by atoms with van der Waals surface area (Å²) < 4.78 is 5.86. The predicted octanol–water partition coefficient (Wildman–Crippen LogP) is 5.38. The topological polar surface area (TPSA) is 41.6 Å². The molecular formula is C26H36N2O2. The second kappa shape index (κ2) is 11.8. The lowest BCUT2D eigenvalue weighted by atomic mass is 9.99. The average Bonchev–Trinajstić information content (AvgIpc) is 2.80. The van der Waals surface area contributed by atoms with Gasteiger partial charge in [-0.2, -0.15) is 0 Å². The van der Waals surface area contributed by atoms with Crippen LogP contribution in [0.2, 0.25) is 0 Å². The second-order valence-corrected chi connectivity index (χ2v) is 8.12. The first-order valence-electron chi connectivity index (χ1n) is 11.6. The second-order valence-electron chi connectivity index (χ2n) is 8.12. The maximum atomic E-state index is 13.0. The Morgan fingerprint density at radius 1 is 1.03 bits per heavy atom. The minimum absolute atomic E-state index is 0.0608. The number of para-hydroxylation sites is 1. The molecule has 1 aliphatic heterocycles. The number of ether oxygens (including phenoxy) is 1. The van der Waals surface area contributed by atoms with Gasteiger partial charge < -0.3 is 10.1 Å². The van der Waals surface area contributed by atoms with Crippen molar-refractivity contribution in [3.63, 3.8) is 0 Å². The highest BCUT2D eigenvalue weighted by atomic mass is 16.5. The maximum Gasteiger partial charge on any atom is 0.255 e. The van der Waals surface area contributed by atoms with E-state index in [0.29, 0.717) is 24.5 Å². The van der Waals surface area contributed by atoms with E-state index in [1.807, 2.05) is 24.3 Å². The molecule has 2 aromatic carbocycles. The van der Waals surface area contributed by atoms with Crippen LogP contribution < -0.4 is 10.1 Å². The highest BCUT2D eigenvalue weighted by Crippen LogP contribution is 2.25. The minimum atomic E-state index is -0.0608. The molecule has 2 aromatic rings. The summed E-state index contributed by atoms with van der Waals surface area (Å²) >= 11 is 0. The van der Waals surface area contributed by atoms with Gasteiger partial charge in [0, 0.05) is 6.54 Å². The van der Waals surface area contributed by atoms with Crippen molar-refractivity contribution in [2.75, 3.05) is 26.2 Å². The SMILES string of the molecule is CCCCOc1ccccc1C(=O)NC[C@@H](c1ccc(CC)cc1)N1CCCCC1. The summed E-state index contributed by atoms with van der Waals surface area (Å²) in [5, 5.41) is 3.19. The van der Waals surface area contributed by atoms with Crippen LogP contribution in [0.3, 0.4) is 0 Å². The summed E-state index contributed by atoms with van der Waals surface area (Å²) in [6.07, 6.45) is 6.85. The first kappa shape index (κ1) is 22.4. The minimum Gasteiger partial charge on any atom is -0.493 e. The molecule has 3 rings (SSSR count). The first-order chi connectivity index (χ1) is 14.7. The lowest BCUT2D eigenvalue weighted by molar-refractivity contribution is 0.0920. The average molecular weight is 409 g/mol. The summed E-state index contributed by atoms with van der Waals surface area (Å²) in [6.45, 7) is 7.74. The van der Waals surface area contributed by atoms with Crippen LogP contribution in [0.5, 0.6) is 5.75 Å². The third-order valence-electron chi connectivity index (χ3n) is 5.95. The molecule has 0 saturated carbocycles. The van der Waals surface area contributed by atoms with E-state index in [0.717, 1.165) is 32.4 Å². The molecule has 1 aliphatic rings. The third-order valence-corrected chi connectivity index (χ3v) is 5.95. The summed E-state index contributed by atoms with van der Waals surface area (Å²) in [6, 6.07) is 16.6. The molecule has 0 bridgehead atoms. The molecule has 4 heteroatoms. The molecule has 0 aromatic heterocycles. The molecule has 1 N–H and O–H groups in total. The van der Waals surface area contributed by atoms with Crippen molar-refractivity contribution in [1.29, 1.82) is 0 Å². The van der Waals surface area contributed by atoms with Crippen LogP contribution in [-0.2, 0) is 6.42 Å². The number of amides is 1. The predicted molar refractivity (Wildman–Crippen MR) is 123 cm³/mol. The van der Waals surface area contributed by atoms with Crippen LogP contribution >= 0.6 is 0 Å². The molecule has 30 heavy (non-hydrogen) atoms. The van der Waals surface area contributed by atoms with E-state index >= 15 is 0 Å². The van der Waals surface area contributed by atoms with Gasteiger partial charge >= 0.3 is 0 Å². The van der Waals surface area contributed by atoms with Crippen LogP contribution in [0.4, 0.5) is 0 Å². The molecule has 0 radical (unpaired) electrons. The number of benzene rings is 2. The van der Waals surface area contributed by atoms with Gasteiger partial charge in [0.2, 0.25) is 0 Å². The number of nitrogens with zero attached hydrogens (tertiary/aromatic N) is 1. The molecule has 0 aliphatic carbocycles. The van der Waals surface area contributed by atoms with Gasteiger partial charge in [-0.3, -0.25) is 9.69 Å². The van der Waals surface area contributed by atoms with E-state index < -0.39 is 0 Å². The van der Waals surface area contributed by atoms with E-state index in [1.165, 1.54) is 30.4 Å². The number of hydrogen-bond donors (Lipinski definition) is 1. The van der Waals surface area contributed by atoms with Crippen LogP contribution in [-0.4, -0.2) is 37.0 Å². The fourth-order valence-corrected chi connectivity index (χ4v) is 4.05. The number of rotatable bonds is 10. The zero-order valence-electron chi connectivity index (χ0n) is 18.5. The summed E-state index contributed by atoms with van der Waals surface area (Å²) in [5.41, 5.74) is 3.24. The Labute approximate surface area is 181 Å². The lowest BCUT2D eigenvalue weighted by Crippen LogP contribution is -2.40. The van der Waals surface area contributed by atoms with Gasteiger partial charge in [-0.15, -0.1) is 0 Å². The molecule has 1 fully saturated rings. The fraction of sp³-hybridized carbons (Fsp3) is 0.500. The molecule has 1 atom stereocenters. The van der Waals surface area contributed by atoms with Crippen molar-refractivity contribution in [2.24, 2.45) is 0 Å². The molecule has 1 amide bonds. The van der Waals surface area contributed by atoms with Crippen molar-refractivity contribution in [1.82, 2.24) is 10.2 Å². The zero-order valence-corrected chi connectivity index (χ0v) is 18.5. The highest BCUT2D eigenvalue weighted by molar-refractivity contribution is 5.96. The molecule has 1 heterocycles. The number of hydrogen-bond acceptors (Lipinski definition) is 3. The Hall–Kier alpha value is -2.33. The van der Waals surface area contributed by atoms with E-state index in [1.54, 1.807) is 0 Å². The van der Waals surface area contributed by atoms with Crippen LogP contribution in [0.25, 0.3) is 0 Å². The molecule has 162 valence electrons. The quantitative estimate of drug-likeness (QED) is 0.536. The maximum absolute atomic E-state index is 13.0. The Balaban J connectivity index is 1.71. The highest BCUT2D eigenvalue weighted by Gasteiger charge is 2.23. The van der Waals surface area contributed by atoms with Crippen molar-refractivity contribution < 1.29 is 9.53 Å². The number of carbonyl (C=O) groups excluding carboxylic acids is 1. The smallest absolute Gasteiger partial charge is 0.255 e. The summed E-state index contributed by atoms with van der Waals surface area (Å²) in [4.78, 5) is 15.5. The summed E-state index contributed by atoms with van der Waals surface area (Å²) in [5.74, 6) is 0.611. The number of carbonyl (C=O) groups is 1. The monoisotopic (exact) mass is 408 g/mol. The van der Waals surface area contributed by atoms with Crippen LogP contribution in [0, 0.1) is 0 Å². The number of piperidine rings is 1. The summed E-state index contributed by atoms with van der Waals surface area (Å²) in [7, 11) is 0. The molecule has 0 unspecified atom stereocenters. The van der Waals surface area contributed by atoms with E-state index in [-0.39, 0.29) is 11.9 Å². The third kappa shape index (κ3) is 6.09. The molecular weight excluding hydrogens is 372 g/mol. The molecule has 0 spiro atoms. The van der Waals surface area contributed by atoms with E-state index in [9.17, 15) is 4.79 Å². The Bertz CT molecular complexity index is 782.